The number of nitrogens with zero attached hydrogens (tertiary/aromatic N) is 1. The van der Waals surface area contributed by atoms with Gasteiger partial charge in [-0.05, 0) is 30.3 Å². The van der Waals surface area contributed by atoms with Gasteiger partial charge >= 0.3 is 0 Å². The van der Waals surface area contributed by atoms with Crippen molar-refractivity contribution in [3.63, 3.8) is 0 Å². The quantitative estimate of drug-likeness (QED) is 0.379. The highest BCUT2D eigenvalue weighted by Crippen LogP contribution is 2.32. The number of carbonyl (C=O) groups excluding carboxylic acids is 1. The zero-order valence-electron chi connectivity index (χ0n) is 16.7. The fourth-order valence-corrected chi connectivity index (χ4v) is 4.83. The van der Waals surface area contributed by atoms with E-state index in [-0.39, 0.29) is 31.8 Å². The Kier molecular flexibility index (Phi) is 6.55. The summed E-state index contributed by atoms with van der Waals surface area (Å²) in [6.07, 6.45) is 1.30. The van der Waals surface area contributed by atoms with E-state index in [1.54, 1.807) is 54.2 Å². The van der Waals surface area contributed by atoms with Gasteiger partial charge in [-0.3, -0.25) is 9.52 Å². The van der Waals surface area contributed by atoms with Crippen LogP contribution in [0.3, 0.4) is 0 Å². The molecule has 30 heavy (non-hydrogen) atoms. The van der Waals surface area contributed by atoms with E-state index in [0.717, 1.165) is 4.90 Å². The molecule has 0 aliphatic heterocycles. The maximum Gasteiger partial charge on any atom is 0.263 e. The molecule has 0 saturated heterocycles. The number of ketones is 1. The second-order valence-electron chi connectivity index (χ2n) is 7.54. The van der Waals surface area contributed by atoms with Gasteiger partial charge in [-0.15, -0.1) is 11.8 Å². The number of anilines is 1. The summed E-state index contributed by atoms with van der Waals surface area (Å²) >= 11 is 7.66. The molecule has 0 bridgehead atoms. The highest BCUT2D eigenvalue weighted by Gasteiger charge is 2.22. The average molecular weight is 461 g/mol. The lowest BCUT2D eigenvalue weighted by Gasteiger charge is -2.17. The fraction of sp³-hybridized carbons (Fsp3) is 0.182. The molecule has 0 unspecified atom stereocenters. The van der Waals surface area contributed by atoms with Gasteiger partial charge in [0.2, 0.25) is 0 Å². The van der Waals surface area contributed by atoms with Gasteiger partial charge in [-0.1, -0.05) is 62.7 Å². The molecule has 8 heteroatoms. The number of thioether (sulfide) groups is 1. The number of hydrogen-bond acceptors (Lipinski definition) is 5. The summed E-state index contributed by atoms with van der Waals surface area (Å²) < 4.78 is 28.2. The molecular formula is C22H21ClN2O3S2. The lowest BCUT2D eigenvalue weighted by Crippen LogP contribution is -2.17. The van der Waals surface area contributed by atoms with Crippen molar-refractivity contribution in [1.82, 2.24) is 4.98 Å². The molecule has 0 saturated carbocycles. The Hall–Kier alpha value is -2.35. The first-order chi connectivity index (χ1) is 14.0. The normalized spacial score (nSPS) is 11.9. The minimum Gasteiger partial charge on any atom is -0.288 e. The predicted molar refractivity (Wildman–Crippen MR) is 122 cm³/mol. The summed E-state index contributed by atoms with van der Waals surface area (Å²) in [5.41, 5.74) is 0.489. The van der Waals surface area contributed by atoms with Crippen LogP contribution >= 0.6 is 23.4 Å². The summed E-state index contributed by atoms with van der Waals surface area (Å²) in [7, 11) is -3.94. The number of aromatic nitrogens is 1. The highest BCUT2D eigenvalue weighted by atomic mass is 35.5. The van der Waals surface area contributed by atoms with Crippen LogP contribution < -0.4 is 4.72 Å². The number of halogens is 1. The van der Waals surface area contributed by atoms with Crippen LogP contribution in [-0.4, -0.2) is 23.9 Å². The summed E-state index contributed by atoms with van der Waals surface area (Å²) in [6, 6.07) is 16.5. The van der Waals surface area contributed by atoms with E-state index in [1.807, 2.05) is 0 Å². The van der Waals surface area contributed by atoms with E-state index in [1.165, 1.54) is 24.4 Å². The maximum absolute atomic E-state index is 12.9. The molecule has 0 fully saturated rings. The molecule has 0 radical (unpaired) electrons. The van der Waals surface area contributed by atoms with Crippen molar-refractivity contribution < 1.29 is 13.2 Å². The minimum absolute atomic E-state index is 0.0125. The summed E-state index contributed by atoms with van der Waals surface area (Å²) in [5.74, 6) is -0.443. The van der Waals surface area contributed by atoms with Crippen molar-refractivity contribution in [1.29, 1.82) is 0 Å². The highest BCUT2D eigenvalue weighted by molar-refractivity contribution is 8.00. The van der Waals surface area contributed by atoms with Crippen LogP contribution in [0.1, 0.15) is 36.7 Å². The molecule has 0 spiro atoms. The van der Waals surface area contributed by atoms with Gasteiger partial charge in [-0.25, -0.2) is 13.4 Å². The van der Waals surface area contributed by atoms with Gasteiger partial charge in [0.15, 0.2) is 11.6 Å². The van der Waals surface area contributed by atoms with Crippen molar-refractivity contribution in [3.8, 4) is 0 Å². The third-order valence-electron chi connectivity index (χ3n) is 3.92. The van der Waals surface area contributed by atoms with Crippen LogP contribution in [0.4, 0.5) is 5.82 Å². The van der Waals surface area contributed by atoms with Gasteiger partial charge in [0.05, 0.1) is 15.5 Å². The molecule has 3 aromatic rings. The zero-order chi connectivity index (χ0) is 21.9. The second-order valence-corrected chi connectivity index (χ2v) is 11.6. The van der Waals surface area contributed by atoms with Crippen molar-refractivity contribution in [2.75, 3.05) is 4.72 Å². The van der Waals surface area contributed by atoms with E-state index in [9.17, 15) is 13.2 Å². The molecule has 0 atom stereocenters. The number of nitrogens with one attached hydrogen (secondary N) is 1. The largest absolute Gasteiger partial charge is 0.288 e. The first-order valence-electron chi connectivity index (χ1n) is 9.12. The Labute approximate surface area is 185 Å². The van der Waals surface area contributed by atoms with Crippen LogP contribution in [0.5, 0.6) is 0 Å². The van der Waals surface area contributed by atoms with Crippen LogP contribution in [0, 0.1) is 0 Å². The third-order valence-corrected chi connectivity index (χ3v) is 6.61. The smallest absolute Gasteiger partial charge is 0.263 e. The average Bonchev–Trinajstić information content (AvgIpc) is 2.68. The Morgan fingerprint density at radius 1 is 1.03 bits per heavy atom. The molecule has 5 nitrogen and oxygen atoms in total. The molecule has 1 heterocycles. The maximum atomic E-state index is 12.9. The monoisotopic (exact) mass is 460 g/mol. The van der Waals surface area contributed by atoms with E-state index in [2.05, 4.69) is 30.5 Å². The van der Waals surface area contributed by atoms with Gasteiger partial charge in [0.1, 0.15) is 0 Å². The van der Waals surface area contributed by atoms with Gasteiger partial charge < -0.3 is 0 Å². The standard InChI is InChI=1S/C22H21ClN2O3S2/c1-22(2,3)29-17-9-11-18(12-10-17)30(27,28)25-21-19(13-16(23)14-24-21)20(26)15-7-5-4-6-8-15/h4-14H,1-3H3,(H,24,25). The van der Waals surface area contributed by atoms with Crippen molar-refractivity contribution in [3.05, 3.63) is 83.0 Å². The number of pyridine rings is 1. The van der Waals surface area contributed by atoms with Gasteiger partial charge in [0.25, 0.3) is 10.0 Å². The van der Waals surface area contributed by atoms with Crippen LogP contribution in [0.25, 0.3) is 0 Å². The third kappa shape index (κ3) is 5.62. The number of hydrogen-bond donors (Lipinski definition) is 1. The Balaban J connectivity index is 1.91. The van der Waals surface area contributed by atoms with Gasteiger partial charge in [0, 0.05) is 21.4 Å². The molecule has 2 aromatic carbocycles. The topological polar surface area (TPSA) is 76.1 Å². The second kappa shape index (κ2) is 8.79. The van der Waals surface area contributed by atoms with E-state index >= 15 is 0 Å². The molecule has 0 aliphatic carbocycles. The molecule has 156 valence electrons. The fourth-order valence-electron chi connectivity index (χ4n) is 2.67. The molecule has 1 N–H and O–H groups in total. The molecule has 3 rings (SSSR count). The number of benzene rings is 2. The Morgan fingerprint density at radius 3 is 2.27 bits per heavy atom. The Morgan fingerprint density at radius 2 is 1.67 bits per heavy atom. The summed E-state index contributed by atoms with van der Waals surface area (Å²) in [6.45, 7) is 6.25. The zero-order valence-corrected chi connectivity index (χ0v) is 19.1. The van der Waals surface area contributed by atoms with Crippen molar-refractivity contribution in [2.45, 2.75) is 35.3 Å². The SMILES string of the molecule is CC(C)(C)Sc1ccc(S(=O)(=O)Nc2ncc(Cl)cc2C(=O)c2ccccc2)cc1. The van der Waals surface area contributed by atoms with E-state index < -0.39 is 10.0 Å². The summed E-state index contributed by atoms with van der Waals surface area (Å²) in [5, 5.41) is 0.237. The van der Waals surface area contributed by atoms with E-state index in [0.29, 0.717) is 5.56 Å². The predicted octanol–water partition coefficient (Wildman–Crippen LogP) is 5.66. The van der Waals surface area contributed by atoms with Gasteiger partial charge in [-0.2, -0.15) is 0 Å². The molecule has 1 aromatic heterocycles. The number of rotatable bonds is 6. The number of sulfonamides is 1. The molecule has 0 amide bonds. The first-order valence-corrected chi connectivity index (χ1v) is 11.8. The molecular weight excluding hydrogens is 440 g/mol. The lowest BCUT2D eigenvalue weighted by atomic mass is 10.0. The van der Waals surface area contributed by atoms with Crippen LogP contribution in [0.2, 0.25) is 5.02 Å². The Bertz CT molecular complexity index is 1160. The van der Waals surface area contributed by atoms with Crippen LogP contribution in [-0.2, 0) is 10.0 Å². The number of carbonyl (C=O) groups is 1. The van der Waals surface area contributed by atoms with Crippen LogP contribution in [0.15, 0.2) is 76.7 Å². The summed E-state index contributed by atoms with van der Waals surface area (Å²) in [4.78, 5) is 18.0. The van der Waals surface area contributed by atoms with Crippen molar-refractivity contribution in [2.24, 2.45) is 0 Å². The lowest BCUT2D eigenvalue weighted by molar-refractivity contribution is 0.103. The van der Waals surface area contributed by atoms with E-state index in [4.69, 9.17) is 11.6 Å². The minimum atomic E-state index is -3.94. The van der Waals surface area contributed by atoms with Crippen molar-refractivity contribution >= 4 is 45.0 Å². The molecule has 0 aliphatic rings. The first kappa shape index (κ1) is 22.3.